The van der Waals surface area contributed by atoms with Gasteiger partial charge in [0.15, 0.2) is 0 Å². The summed E-state index contributed by atoms with van der Waals surface area (Å²) in [5.74, 6) is -0.0807. The van der Waals surface area contributed by atoms with Crippen LogP contribution in [0.1, 0.15) is 31.4 Å². The standard InChI is InChI=1S/C8H8F2O.C2H6/c1-5-6(8(9)10)3-2-4-7(5)11;1-2/h2-4,8,11H,1H3;1-2H3. The van der Waals surface area contributed by atoms with E-state index in [2.05, 4.69) is 0 Å². The molecule has 0 fully saturated rings. The van der Waals surface area contributed by atoms with E-state index in [0.29, 0.717) is 0 Å². The first-order valence-electron chi connectivity index (χ1n) is 4.19. The summed E-state index contributed by atoms with van der Waals surface area (Å²) < 4.78 is 24.2. The molecule has 1 rings (SSSR count). The normalized spacial score (nSPS) is 9.38. The summed E-state index contributed by atoms with van der Waals surface area (Å²) in [6, 6.07) is 4.10. The highest BCUT2D eigenvalue weighted by Gasteiger charge is 2.11. The second-order valence-corrected chi connectivity index (χ2v) is 2.29. The number of hydrogen-bond acceptors (Lipinski definition) is 1. The highest BCUT2D eigenvalue weighted by molar-refractivity contribution is 5.38. The lowest BCUT2D eigenvalue weighted by molar-refractivity contribution is 0.150. The van der Waals surface area contributed by atoms with E-state index in [-0.39, 0.29) is 16.9 Å². The fraction of sp³-hybridized carbons (Fsp3) is 0.400. The van der Waals surface area contributed by atoms with E-state index in [9.17, 15) is 8.78 Å². The molecule has 1 nitrogen and oxygen atoms in total. The number of phenols is 1. The first-order chi connectivity index (χ1) is 6.13. The van der Waals surface area contributed by atoms with Gasteiger partial charge in [-0.25, -0.2) is 8.78 Å². The number of hydrogen-bond donors (Lipinski definition) is 1. The molecule has 1 aromatic carbocycles. The largest absolute Gasteiger partial charge is 0.508 e. The van der Waals surface area contributed by atoms with Crippen molar-refractivity contribution < 1.29 is 13.9 Å². The van der Waals surface area contributed by atoms with Crippen molar-refractivity contribution in [3.05, 3.63) is 29.3 Å². The quantitative estimate of drug-likeness (QED) is 0.713. The van der Waals surface area contributed by atoms with Crippen molar-refractivity contribution in [3.8, 4) is 5.75 Å². The van der Waals surface area contributed by atoms with Crippen molar-refractivity contribution >= 4 is 0 Å². The van der Waals surface area contributed by atoms with Crippen LogP contribution in [0.3, 0.4) is 0 Å². The van der Waals surface area contributed by atoms with Gasteiger partial charge in [-0.05, 0) is 18.6 Å². The topological polar surface area (TPSA) is 20.2 Å². The highest BCUT2D eigenvalue weighted by atomic mass is 19.3. The summed E-state index contributed by atoms with van der Waals surface area (Å²) >= 11 is 0. The highest BCUT2D eigenvalue weighted by Crippen LogP contribution is 2.27. The van der Waals surface area contributed by atoms with Crippen LogP contribution in [0.25, 0.3) is 0 Å². The fourth-order valence-corrected chi connectivity index (χ4v) is 0.877. The van der Waals surface area contributed by atoms with Crippen LogP contribution in [0, 0.1) is 6.92 Å². The predicted molar refractivity (Wildman–Crippen MR) is 49.1 cm³/mol. The van der Waals surface area contributed by atoms with Crippen molar-refractivity contribution in [1.29, 1.82) is 0 Å². The molecule has 0 amide bonds. The van der Waals surface area contributed by atoms with E-state index in [1.807, 2.05) is 13.8 Å². The smallest absolute Gasteiger partial charge is 0.264 e. The Balaban J connectivity index is 0.000000671. The third-order valence-corrected chi connectivity index (χ3v) is 1.58. The minimum Gasteiger partial charge on any atom is -0.508 e. The molecule has 13 heavy (non-hydrogen) atoms. The van der Waals surface area contributed by atoms with Gasteiger partial charge in [0.2, 0.25) is 0 Å². The lowest BCUT2D eigenvalue weighted by Crippen LogP contribution is -1.88. The van der Waals surface area contributed by atoms with Crippen LogP contribution in [0.2, 0.25) is 0 Å². The third kappa shape index (κ3) is 3.01. The third-order valence-electron chi connectivity index (χ3n) is 1.58. The minimum absolute atomic E-state index is 0.0807. The number of aromatic hydroxyl groups is 1. The first kappa shape index (κ1) is 11.9. The maximum absolute atomic E-state index is 12.1. The zero-order valence-corrected chi connectivity index (χ0v) is 8.01. The lowest BCUT2D eigenvalue weighted by atomic mass is 10.1. The molecule has 0 radical (unpaired) electrons. The number of benzene rings is 1. The Morgan fingerprint density at radius 1 is 1.23 bits per heavy atom. The molecule has 1 N–H and O–H groups in total. The zero-order chi connectivity index (χ0) is 10.4. The molecule has 0 atom stereocenters. The first-order valence-corrected chi connectivity index (χ1v) is 4.19. The van der Waals surface area contributed by atoms with Gasteiger partial charge >= 0.3 is 0 Å². The van der Waals surface area contributed by atoms with E-state index in [1.165, 1.54) is 25.1 Å². The summed E-state index contributed by atoms with van der Waals surface area (Å²) in [5, 5.41) is 9.02. The average Bonchev–Trinajstić information content (AvgIpc) is 2.13. The average molecular weight is 188 g/mol. The molecule has 0 aliphatic heterocycles. The van der Waals surface area contributed by atoms with Crippen molar-refractivity contribution in [2.45, 2.75) is 27.2 Å². The summed E-state index contributed by atoms with van der Waals surface area (Å²) in [4.78, 5) is 0. The van der Waals surface area contributed by atoms with Crippen LogP contribution in [-0.4, -0.2) is 5.11 Å². The van der Waals surface area contributed by atoms with Crippen LogP contribution in [-0.2, 0) is 0 Å². The van der Waals surface area contributed by atoms with Gasteiger partial charge in [-0.2, -0.15) is 0 Å². The molecular weight excluding hydrogens is 174 g/mol. The van der Waals surface area contributed by atoms with E-state index in [0.717, 1.165) is 0 Å². The minimum atomic E-state index is -2.51. The van der Waals surface area contributed by atoms with E-state index >= 15 is 0 Å². The molecule has 1 aromatic rings. The van der Waals surface area contributed by atoms with Crippen molar-refractivity contribution in [3.63, 3.8) is 0 Å². The molecule has 0 aliphatic rings. The van der Waals surface area contributed by atoms with Crippen LogP contribution in [0.5, 0.6) is 5.75 Å². The number of phenolic OH excluding ortho intramolecular Hbond substituents is 1. The SMILES string of the molecule is CC.Cc1c(O)cccc1C(F)F. The van der Waals surface area contributed by atoms with Gasteiger partial charge in [-0.15, -0.1) is 0 Å². The molecule has 0 saturated heterocycles. The maximum atomic E-state index is 12.1. The number of alkyl halides is 2. The number of rotatable bonds is 1. The summed E-state index contributed by atoms with van der Waals surface area (Å²) in [6.07, 6.45) is -2.51. The van der Waals surface area contributed by atoms with Crippen LogP contribution in [0.4, 0.5) is 8.78 Å². The number of halogens is 2. The second kappa shape index (κ2) is 5.51. The Morgan fingerprint density at radius 3 is 2.15 bits per heavy atom. The molecule has 0 heterocycles. The summed E-state index contributed by atoms with van der Waals surface area (Å²) in [6.45, 7) is 5.47. The molecule has 0 aliphatic carbocycles. The molecule has 0 saturated carbocycles. The van der Waals surface area contributed by atoms with Gasteiger partial charge in [-0.1, -0.05) is 26.0 Å². The van der Waals surface area contributed by atoms with Gasteiger partial charge in [0.25, 0.3) is 6.43 Å². The van der Waals surface area contributed by atoms with Gasteiger partial charge in [0, 0.05) is 5.56 Å². The lowest BCUT2D eigenvalue weighted by Gasteiger charge is -2.04. The summed E-state index contributed by atoms with van der Waals surface area (Å²) in [7, 11) is 0. The Hall–Kier alpha value is -1.12. The van der Waals surface area contributed by atoms with E-state index in [1.54, 1.807) is 0 Å². The zero-order valence-electron chi connectivity index (χ0n) is 8.01. The van der Waals surface area contributed by atoms with Crippen LogP contribution < -0.4 is 0 Å². The fourth-order valence-electron chi connectivity index (χ4n) is 0.877. The molecule has 3 heteroatoms. The Morgan fingerprint density at radius 2 is 1.77 bits per heavy atom. The Bertz CT molecular complexity index is 259. The molecule has 0 aromatic heterocycles. The van der Waals surface area contributed by atoms with E-state index in [4.69, 9.17) is 5.11 Å². The Kier molecular flexibility index (Phi) is 5.04. The molecule has 74 valence electrons. The molecular formula is C10H14F2O. The predicted octanol–water partition coefficient (Wildman–Crippen LogP) is 3.66. The summed E-state index contributed by atoms with van der Waals surface area (Å²) in [5.41, 5.74) is 0.146. The second-order valence-electron chi connectivity index (χ2n) is 2.29. The monoisotopic (exact) mass is 188 g/mol. The van der Waals surface area contributed by atoms with Crippen LogP contribution >= 0.6 is 0 Å². The molecule has 0 bridgehead atoms. The Labute approximate surface area is 77.0 Å². The van der Waals surface area contributed by atoms with Crippen molar-refractivity contribution in [2.24, 2.45) is 0 Å². The van der Waals surface area contributed by atoms with E-state index < -0.39 is 6.43 Å². The van der Waals surface area contributed by atoms with Gasteiger partial charge in [0.05, 0.1) is 0 Å². The van der Waals surface area contributed by atoms with Crippen molar-refractivity contribution in [1.82, 2.24) is 0 Å². The maximum Gasteiger partial charge on any atom is 0.264 e. The van der Waals surface area contributed by atoms with Gasteiger partial charge in [0.1, 0.15) is 5.75 Å². The molecule has 0 spiro atoms. The van der Waals surface area contributed by atoms with Gasteiger partial charge in [-0.3, -0.25) is 0 Å². The molecule has 0 unspecified atom stereocenters. The van der Waals surface area contributed by atoms with Crippen molar-refractivity contribution in [2.75, 3.05) is 0 Å². The van der Waals surface area contributed by atoms with Gasteiger partial charge < -0.3 is 5.11 Å². The van der Waals surface area contributed by atoms with Crippen LogP contribution in [0.15, 0.2) is 18.2 Å².